The molecule has 0 unspecified atom stereocenters. The minimum atomic E-state index is -0.359. The molecule has 0 amide bonds. The number of benzene rings is 2. The SMILES string of the molecule is CCOC(=O)c1ccc(NCc2cccc(Br)c2)c(N)c1. The highest BCUT2D eigenvalue weighted by molar-refractivity contribution is 9.10. The normalized spacial score (nSPS) is 10.2. The maximum Gasteiger partial charge on any atom is 0.338 e. The summed E-state index contributed by atoms with van der Waals surface area (Å²) in [6, 6.07) is 13.1. The van der Waals surface area contributed by atoms with Gasteiger partial charge in [-0.1, -0.05) is 28.1 Å². The first-order valence-electron chi connectivity index (χ1n) is 6.65. The number of nitrogens with one attached hydrogen (secondary N) is 1. The van der Waals surface area contributed by atoms with Crippen LogP contribution < -0.4 is 11.1 Å². The average molecular weight is 349 g/mol. The molecule has 0 saturated carbocycles. The third-order valence-electron chi connectivity index (χ3n) is 2.93. The lowest BCUT2D eigenvalue weighted by Gasteiger charge is -2.11. The summed E-state index contributed by atoms with van der Waals surface area (Å²) in [5.41, 5.74) is 8.89. The van der Waals surface area contributed by atoms with Gasteiger partial charge in [-0.2, -0.15) is 0 Å². The molecule has 0 aliphatic carbocycles. The molecule has 2 aromatic rings. The van der Waals surface area contributed by atoms with Crippen molar-refractivity contribution in [3.8, 4) is 0 Å². The van der Waals surface area contributed by atoms with E-state index < -0.39 is 0 Å². The third-order valence-corrected chi connectivity index (χ3v) is 3.43. The Bertz CT molecular complexity index is 644. The molecule has 0 bridgehead atoms. The fourth-order valence-corrected chi connectivity index (χ4v) is 2.36. The zero-order valence-electron chi connectivity index (χ0n) is 11.7. The molecule has 0 spiro atoms. The highest BCUT2D eigenvalue weighted by Gasteiger charge is 2.08. The maximum atomic E-state index is 11.6. The zero-order valence-corrected chi connectivity index (χ0v) is 13.3. The van der Waals surface area contributed by atoms with Crippen molar-refractivity contribution < 1.29 is 9.53 Å². The number of halogens is 1. The number of hydrogen-bond acceptors (Lipinski definition) is 4. The van der Waals surface area contributed by atoms with Crippen LogP contribution in [-0.2, 0) is 11.3 Å². The van der Waals surface area contributed by atoms with E-state index in [9.17, 15) is 4.79 Å². The van der Waals surface area contributed by atoms with Crippen LogP contribution >= 0.6 is 15.9 Å². The van der Waals surface area contributed by atoms with Crippen molar-refractivity contribution in [1.82, 2.24) is 0 Å². The van der Waals surface area contributed by atoms with Crippen LogP contribution in [0.5, 0.6) is 0 Å². The van der Waals surface area contributed by atoms with Crippen LogP contribution in [0.2, 0.25) is 0 Å². The smallest absolute Gasteiger partial charge is 0.338 e. The first-order chi connectivity index (χ1) is 10.1. The van der Waals surface area contributed by atoms with Crippen LogP contribution in [0.15, 0.2) is 46.9 Å². The second kappa shape index (κ2) is 7.13. The largest absolute Gasteiger partial charge is 0.462 e. The summed E-state index contributed by atoms with van der Waals surface area (Å²) in [5, 5.41) is 3.26. The molecule has 3 N–H and O–H groups in total. The van der Waals surface area contributed by atoms with Gasteiger partial charge in [0, 0.05) is 11.0 Å². The summed E-state index contributed by atoms with van der Waals surface area (Å²) in [6.07, 6.45) is 0. The molecule has 2 rings (SSSR count). The quantitative estimate of drug-likeness (QED) is 0.636. The maximum absolute atomic E-state index is 11.6. The van der Waals surface area contributed by atoms with E-state index >= 15 is 0 Å². The average Bonchev–Trinajstić information content (AvgIpc) is 2.46. The molecule has 2 aromatic carbocycles. The van der Waals surface area contributed by atoms with E-state index in [1.54, 1.807) is 25.1 Å². The molecule has 4 nitrogen and oxygen atoms in total. The van der Waals surface area contributed by atoms with Crippen LogP contribution in [0.3, 0.4) is 0 Å². The van der Waals surface area contributed by atoms with Crippen molar-refractivity contribution in [1.29, 1.82) is 0 Å². The Morgan fingerprint density at radius 3 is 2.76 bits per heavy atom. The van der Waals surface area contributed by atoms with Gasteiger partial charge in [-0.15, -0.1) is 0 Å². The number of nitrogens with two attached hydrogens (primary N) is 1. The van der Waals surface area contributed by atoms with Crippen LogP contribution in [-0.4, -0.2) is 12.6 Å². The van der Waals surface area contributed by atoms with E-state index in [0.717, 1.165) is 15.7 Å². The molecule has 0 radical (unpaired) electrons. The predicted octanol–water partition coefficient (Wildman–Crippen LogP) is 3.82. The topological polar surface area (TPSA) is 64.3 Å². The number of anilines is 2. The fourth-order valence-electron chi connectivity index (χ4n) is 1.91. The Morgan fingerprint density at radius 2 is 2.10 bits per heavy atom. The highest BCUT2D eigenvalue weighted by Crippen LogP contribution is 2.21. The molecule has 0 heterocycles. The summed E-state index contributed by atoms with van der Waals surface area (Å²) in [5.74, 6) is -0.359. The number of ether oxygens (including phenoxy) is 1. The van der Waals surface area contributed by atoms with Gasteiger partial charge < -0.3 is 15.8 Å². The highest BCUT2D eigenvalue weighted by atomic mass is 79.9. The van der Waals surface area contributed by atoms with E-state index in [-0.39, 0.29) is 5.97 Å². The third kappa shape index (κ3) is 4.23. The zero-order chi connectivity index (χ0) is 15.2. The molecule has 0 fully saturated rings. The first kappa shape index (κ1) is 15.4. The van der Waals surface area contributed by atoms with Gasteiger partial charge in [-0.05, 0) is 42.8 Å². The van der Waals surface area contributed by atoms with Gasteiger partial charge in [0.1, 0.15) is 0 Å². The van der Waals surface area contributed by atoms with Gasteiger partial charge in [-0.25, -0.2) is 4.79 Å². The minimum absolute atomic E-state index is 0.349. The van der Waals surface area contributed by atoms with E-state index in [1.807, 2.05) is 24.3 Å². The molecule has 0 aliphatic heterocycles. The van der Waals surface area contributed by atoms with E-state index in [0.29, 0.717) is 24.4 Å². The van der Waals surface area contributed by atoms with Gasteiger partial charge in [0.05, 0.1) is 23.5 Å². The molecule has 21 heavy (non-hydrogen) atoms. The van der Waals surface area contributed by atoms with Crippen molar-refractivity contribution in [2.24, 2.45) is 0 Å². The molecule has 0 atom stereocenters. The van der Waals surface area contributed by atoms with Crippen LogP contribution in [0.25, 0.3) is 0 Å². The lowest BCUT2D eigenvalue weighted by Crippen LogP contribution is -2.07. The molecular weight excluding hydrogens is 332 g/mol. The molecule has 110 valence electrons. The van der Waals surface area contributed by atoms with Gasteiger partial charge in [0.2, 0.25) is 0 Å². The number of carbonyl (C=O) groups excluding carboxylic acids is 1. The summed E-state index contributed by atoms with van der Waals surface area (Å²) in [7, 11) is 0. The lowest BCUT2D eigenvalue weighted by atomic mass is 10.1. The van der Waals surface area contributed by atoms with Crippen molar-refractivity contribution in [3.05, 3.63) is 58.1 Å². The van der Waals surface area contributed by atoms with E-state index in [1.165, 1.54) is 0 Å². The van der Waals surface area contributed by atoms with Crippen LogP contribution in [0.4, 0.5) is 11.4 Å². The van der Waals surface area contributed by atoms with Crippen molar-refractivity contribution in [2.45, 2.75) is 13.5 Å². The standard InChI is InChI=1S/C16H17BrN2O2/c1-2-21-16(20)12-6-7-15(14(18)9-12)19-10-11-4-3-5-13(17)8-11/h3-9,19H,2,10,18H2,1H3. The number of rotatable bonds is 5. The van der Waals surface area contributed by atoms with Crippen molar-refractivity contribution in [2.75, 3.05) is 17.7 Å². The summed E-state index contributed by atoms with van der Waals surface area (Å²) in [6.45, 7) is 2.78. The van der Waals surface area contributed by atoms with Gasteiger partial charge in [0.15, 0.2) is 0 Å². The number of esters is 1. The summed E-state index contributed by atoms with van der Waals surface area (Å²) >= 11 is 3.44. The van der Waals surface area contributed by atoms with Crippen LogP contribution in [0.1, 0.15) is 22.8 Å². The Balaban J connectivity index is 2.06. The predicted molar refractivity (Wildman–Crippen MR) is 88.3 cm³/mol. The Labute approximate surface area is 132 Å². The molecule has 0 saturated heterocycles. The second-order valence-corrected chi connectivity index (χ2v) is 5.42. The number of carbonyl (C=O) groups is 1. The second-order valence-electron chi connectivity index (χ2n) is 4.51. The first-order valence-corrected chi connectivity index (χ1v) is 7.44. The Morgan fingerprint density at radius 1 is 1.29 bits per heavy atom. The monoisotopic (exact) mass is 348 g/mol. The van der Waals surface area contributed by atoms with Gasteiger partial charge in [-0.3, -0.25) is 0 Å². The van der Waals surface area contributed by atoms with Crippen LogP contribution in [0, 0.1) is 0 Å². The number of nitrogen functional groups attached to an aromatic ring is 1. The summed E-state index contributed by atoms with van der Waals surface area (Å²) < 4.78 is 5.98. The molecule has 5 heteroatoms. The van der Waals surface area contributed by atoms with Crippen molar-refractivity contribution >= 4 is 33.3 Å². The fraction of sp³-hybridized carbons (Fsp3) is 0.188. The van der Waals surface area contributed by atoms with Crippen molar-refractivity contribution in [3.63, 3.8) is 0 Å². The Hall–Kier alpha value is -2.01. The molecule has 0 aliphatic rings. The van der Waals surface area contributed by atoms with E-state index in [2.05, 4.69) is 21.2 Å². The van der Waals surface area contributed by atoms with E-state index in [4.69, 9.17) is 10.5 Å². The Kier molecular flexibility index (Phi) is 5.22. The molecule has 0 aromatic heterocycles. The minimum Gasteiger partial charge on any atom is -0.462 e. The number of hydrogen-bond donors (Lipinski definition) is 2. The molecular formula is C16H17BrN2O2. The van der Waals surface area contributed by atoms with Gasteiger partial charge >= 0.3 is 5.97 Å². The lowest BCUT2D eigenvalue weighted by molar-refractivity contribution is 0.0526. The van der Waals surface area contributed by atoms with Gasteiger partial charge in [0.25, 0.3) is 0 Å². The summed E-state index contributed by atoms with van der Waals surface area (Å²) in [4.78, 5) is 11.6.